The zero-order valence-corrected chi connectivity index (χ0v) is 42.3. The van der Waals surface area contributed by atoms with E-state index in [0.717, 1.165) is 0 Å². The first-order valence-electron chi connectivity index (χ1n) is 23.1. The van der Waals surface area contributed by atoms with Gasteiger partial charge in [0.1, 0.15) is 48.3 Å². The van der Waals surface area contributed by atoms with Crippen LogP contribution in [0.3, 0.4) is 0 Å². The van der Waals surface area contributed by atoms with Crippen molar-refractivity contribution in [2.45, 2.75) is 119 Å². The van der Waals surface area contributed by atoms with E-state index < -0.39 is 140 Å². The summed E-state index contributed by atoms with van der Waals surface area (Å²) in [4.78, 5) is 144. The first-order valence-corrected chi connectivity index (χ1v) is 24.4. The van der Waals surface area contributed by atoms with Crippen LogP contribution in [0.1, 0.15) is 64.2 Å². The molecule has 1 saturated heterocycles. The molecule has 9 atom stereocenters. The molecule has 8 amide bonds. The van der Waals surface area contributed by atoms with Crippen LogP contribution < -0.4 is 77.4 Å². The predicted octanol–water partition coefficient (Wildman–Crippen LogP) is -9.35. The zero-order chi connectivity index (χ0) is 56.1. The molecule has 0 bridgehead atoms. The summed E-state index contributed by atoms with van der Waals surface area (Å²) in [6.45, 7) is -2.03. The van der Waals surface area contributed by atoms with Crippen molar-refractivity contribution < 1.29 is 68.4 Å². The Morgan fingerprint density at radius 1 is 0.527 bits per heavy atom. The van der Waals surface area contributed by atoms with Crippen molar-refractivity contribution >= 4 is 102 Å². The number of guanidine groups is 3. The van der Waals surface area contributed by atoms with Gasteiger partial charge in [0.15, 0.2) is 17.9 Å². The third kappa shape index (κ3) is 24.2. The number of carboxylic acid groups (broad SMARTS) is 2. The van der Waals surface area contributed by atoms with Crippen molar-refractivity contribution in [2.24, 2.45) is 55.1 Å². The molecule has 1 aliphatic rings. The van der Waals surface area contributed by atoms with Gasteiger partial charge in [-0.2, -0.15) is 25.3 Å². The molecule has 0 aromatic heterocycles. The Balaban J connectivity index is 3.54. The second-order valence-corrected chi connectivity index (χ2v) is 17.3. The fourth-order valence-corrected chi connectivity index (χ4v) is 7.32. The van der Waals surface area contributed by atoms with Gasteiger partial charge in [-0.15, -0.1) is 0 Å². The molecule has 0 spiro atoms. The number of amides is 8. The second-order valence-electron chi connectivity index (χ2n) is 16.6. The summed E-state index contributed by atoms with van der Waals surface area (Å²) < 4.78 is 0. The Bertz CT molecular complexity index is 2030. The molecule has 1 fully saturated rings. The maximum absolute atomic E-state index is 14.3. The molecule has 32 nitrogen and oxygen atoms in total. The van der Waals surface area contributed by atoms with Crippen LogP contribution in [0.25, 0.3) is 0 Å². The van der Waals surface area contributed by atoms with Gasteiger partial charge in [-0.3, -0.25) is 58.1 Å². The van der Waals surface area contributed by atoms with E-state index in [9.17, 15) is 68.4 Å². The van der Waals surface area contributed by atoms with Crippen LogP contribution in [0.15, 0.2) is 15.0 Å². The van der Waals surface area contributed by atoms with Gasteiger partial charge < -0.3 is 103 Å². The Labute approximate surface area is 436 Å². The molecule has 0 aliphatic carbocycles. The number of hydrogen-bond donors (Lipinski definition) is 20. The lowest BCUT2D eigenvalue weighted by Gasteiger charge is -2.31. The molecule has 1 heterocycles. The van der Waals surface area contributed by atoms with Crippen molar-refractivity contribution in [3.63, 3.8) is 0 Å². The summed E-state index contributed by atoms with van der Waals surface area (Å²) in [6, 6.07) is -13.3. The van der Waals surface area contributed by atoms with Gasteiger partial charge >= 0.3 is 11.9 Å². The average molecular weight is 1090 g/mol. The van der Waals surface area contributed by atoms with Crippen molar-refractivity contribution in [1.29, 1.82) is 0 Å². The number of carbonyl (C=O) groups excluding carboxylic acids is 8. The number of aliphatic carboxylic acids is 2. The summed E-state index contributed by atoms with van der Waals surface area (Å²) in [5, 5.41) is 55.2. The molecule has 34 heteroatoms. The van der Waals surface area contributed by atoms with Crippen LogP contribution in [0.5, 0.6) is 0 Å². The largest absolute Gasteiger partial charge is 0.481 e. The summed E-state index contributed by atoms with van der Waals surface area (Å²) in [5.41, 5.74) is 38.4. The molecule has 0 aromatic rings. The van der Waals surface area contributed by atoms with Crippen LogP contribution in [-0.4, -0.2) is 208 Å². The summed E-state index contributed by atoms with van der Waals surface area (Å²) in [7, 11) is 0. The van der Waals surface area contributed by atoms with E-state index in [0.29, 0.717) is 0 Å². The van der Waals surface area contributed by atoms with Crippen LogP contribution >= 0.6 is 25.3 Å². The van der Waals surface area contributed by atoms with Gasteiger partial charge in [0, 0.05) is 44.1 Å². The lowest BCUT2D eigenvalue weighted by atomic mass is 10.1. The lowest BCUT2D eigenvalue weighted by molar-refractivity contribution is -0.143. The smallest absolute Gasteiger partial charge is 0.327 e. The number of aliphatic imine (C=N–C) groups is 3. The predicted molar refractivity (Wildman–Crippen MR) is 272 cm³/mol. The number of nitrogens with one attached hydrogen (secondary N) is 7. The maximum atomic E-state index is 14.3. The average Bonchev–Trinajstić information content (AvgIpc) is 3.84. The van der Waals surface area contributed by atoms with E-state index in [4.69, 9.17) is 40.1 Å². The number of likely N-dealkylation sites (tertiary alicyclic amines) is 1. The topological polar surface area (TPSA) is 558 Å². The SMILES string of the molecule is NC(N)=NCCC[C@H](NC(=O)[C@H](CCCN=C(N)N)NC(=O)[C@@H]1CCCN1C(=O)[C@H](CCCN=C(N)N)NC(=O)[C@H](CO)NC(=O)[C@@H](N)CS)C(=O)N[C@@H](CO)C(=O)N[C@@H](CCC(=O)O)C(=O)N[C@@H](CS)C(=O)O. The molecule has 0 radical (unpaired) electrons. The Morgan fingerprint density at radius 3 is 1.31 bits per heavy atom. The van der Waals surface area contributed by atoms with E-state index in [1.165, 1.54) is 4.90 Å². The number of aliphatic hydroxyl groups excluding tert-OH is 2. The molecule has 418 valence electrons. The van der Waals surface area contributed by atoms with Gasteiger partial charge in [0.25, 0.3) is 0 Å². The maximum Gasteiger partial charge on any atom is 0.327 e. The third-order valence-electron chi connectivity index (χ3n) is 10.8. The first-order chi connectivity index (χ1) is 34.9. The van der Waals surface area contributed by atoms with Gasteiger partial charge in [-0.05, 0) is 57.8 Å². The number of hydrogen-bond acceptors (Lipinski definition) is 18. The van der Waals surface area contributed by atoms with Crippen LogP contribution in [0.4, 0.5) is 0 Å². The molecular formula is C40H72N18O14S2. The van der Waals surface area contributed by atoms with E-state index in [1.807, 2.05) is 0 Å². The number of nitrogens with two attached hydrogens (primary N) is 7. The standard InChI is InChI=1S/C40H72N18O14S2/c41-19(17-73)29(63)55-24(15-59)34(68)54-23(7-3-13-50-40(46)47)36(70)58-14-4-8-27(58)35(69)53-21(6-2-12-49-39(44)45)30(64)51-20(5-1-11-48-38(42)43)31(65)56-25(16-60)33(67)52-22(9-10-28(61)62)32(66)57-26(18-74)37(71)72/h19-27,59-60,73-74H,1-18,41H2,(H,51,64)(H,52,67)(H,53,69)(H,54,68)(H,55,63)(H,56,65)(H,57,66)(H,61,62)(H,71,72)(H4,42,43,48)(H4,44,45,49)(H4,46,47,50)/t19-,20-,21-,22-,23-,24-,25-,26-,27-/m0/s1. The Kier molecular flexibility index (Phi) is 30.4. The van der Waals surface area contributed by atoms with Crippen LogP contribution in [0, 0.1) is 0 Å². The van der Waals surface area contributed by atoms with Gasteiger partial charge in [0.05, 0.1) is 19.3 Å². The molecule has 0 saturated carbocycles. The molecule has 1 aliphatic heterocycles. The molecule has 1 rings (SSSR count). The Morgan fingerprint density at radius 2 is 0.905 bits per heavy atom. The van der Waals surface area contributed by atoms with E-state index in [1.54, 1.807) is 0 Å². The molecule has 74 heavy (non-hydrogen) atoms. The molecule has 0 aromatic carbocycles. The number of carboxylic acids is 2. The fraction of sp³-hybridized carbons (Fsp3) is 0.675. The highest BCUT2D eigenvalue weighted by Gasteiger charge is 2.40. The molecule has 0 unspecified atom stereocenters. The number of thiol groups is 2. The first kappa shape index (κ1) is 65.1. The van der Waals surface area contributed by atoms with Gasteiger partial charge in [0.2, 0.25) is 47.3 Å². The summed E-state index contributed by atoms with van der Waals surface area (Å²) in [5.74, 6) is -11.8. The van der Waals surface area contributed by atoms with Crippen LogP contribution in [-0.2, 0) is 47.9 Å². The highest BCUT2D eigenvalue weighted by Crippen LogP contribution is 2.21. The van der Waals surface area contributed by atoms with Crippen molar-refractivity contribution in [3.05, 3.63) is 0 Å². The van der Waals surface area contributed by atoms with E-state index >= 15 is 0 Å². The number of carbonyl (C=O) groups is 10. The fourth-order valence-electron chi connectivity index (χ4n) is 6.91. The number of aliphatic hydroxyl groups is 2. The number of nitrogens with zero attached hydrogens (tertiary/aromatic N) is 4. The van der Waals surface area contributed by atoms with Crippen molar-refractivity contribution in [3.8, 4) is 0 Å². The molecular weight excluding hydrogens is 1020 g/mol. The van der Waals surface area contributed by atoms with Crippen LogP contribution in [0.2, 0.25) is 0 Å². The van der Waals surface area contributed by atoms with Gasteiger partial charge in [-0.1, -0.05) is 0 Å². The number of rotatable bonds is 35. The monoisotopic (exact) mass is 1090 g/mol. The lowest BCUT2D eigenvalue weighted by Crippen LogP contribution is -2.60. The van der Waals surface area contributed by atoms with Crippen molar-refractivity contribution in [1.82, 2.24) is 42.1 Å². The highest BCUT2D eigenvalue weighted by atomic mass is 32.1. The van der Waals surface area contributed by atoms with Crippen molar-refractivity contribution in [2.75, 3.05) is 50.9 Å². The van der Waals surface area contributed by atoms with Gasteiger partial charge in [-0.25, -0.2) is 4.79 Å². The highest BCUT2D eigenvalue weighted by molar-refractivity contribution is 7.80. The summed E-state index contributed by atoms with van der Waals surface area (Å²) >= 11 is 7.83. The molecule has 25 N–H and O–H groups in total. The van der Waals surface area contributed by atoms with E-state index in [-0.39, 0.29) is 107 Å². The normalized spacial score (nSPS) is 16.1. The zero-order valence-electron chi connectivity index (χ0n) is 40.5. The minimum absolute atomic E-state index is 0.0106. The Hall–Kier alpha value is -6.91. The summed E-state index contributed by atoms with van der Waals surface area (Å²) in [6.07, 6.45) is -1.07. The second kappa shape index (κ2) is 34.5. The van der Waals surface area contributed by atoms with E-state index in [2.05, 4.69) is 77.5 Å². The minimum atomic E-state index is -1.84. The third-order valence-corrected chi connectivity index (χ3v) is 11.6. The quantitative estimate of drug-likeness (QED) is 0.0121. The minimum Gasteiger partial charge on any atom is -0.481 e.